The van der Waals surface area contributed by atoms with Crippen molar-refractivity contribution in [3.63, 3.8) is 0 Å². The number of carbonyl (C=O) groups is 1. The largest absolute Gasteiger partial charge is 0.337 e. The highest BCUT2D eigenvalue weighted by molar-refractivity contribution is 5.72. The minimum atomic E-state index is -0.345. The van der Waals surface area contributed by atoms with Crippen LogP contribution in [0.25, 0.3) is 0 Å². The van der Waals surface area contributed by atoms with Crippen molar-refractivity contribution in [1.29, 1.82) is 0 Å². The molecule has 0 rings (SSSR count). The Morgan fingerprint density at radius 3 is 2.57 bits per heavy atom. The fourth-order valence-electron chi connectivity index (χ4n) is 0.212. The van der Waals surface area contributed by atoms with E-state index in [1.54, 1.807) is 0 Å². The van der Waals surface area contributed by atoms with Gasteiger partial charge >= 0.3 is 6.03 Å². The van der Waals surface area contributed by atoms with Crippen LogP contribution in [0.5, 0.6) is 0 Å². The minimum Gasteiger partial charge on any atom is -0.337 e. The van der Waals surface area contributed by atoms with Gasteiger partial charge in [0, 0.05) is 6.54 Å². The van der Waals surface area contributed by atoms with E-state index in [1.807, 2.05) is 12.3 Å². The summed E-state index contributed by atoms with van der Waals surface area (Å²) in [6, 6.07) is -0.345. The molecule has 0 unspecified atom stereocenters. The van der Waals surface area contributed by atoms with Gasteiger partial charge in [-0.2, -0.15) is 0 Å². The van der Waals surface area contributed by atoms with Crippen LogP contribution in [0.4, 0.5) is 4.79 Å². The van der Waals surface area contributed by atoms with Gasteiger partial charge in [-0.05, 0) is 6.92 Å². The maximum Gasteiger partial charge on any atom is 0.328 e. The fraction of sp³-hybridized carbons (Fsp3) is 0.667. The number of nitrogens with one attached hydrogen (secondary N) is 2. The van der Waals surface area contributed by atoms with Gasteiger partial charge in [0.05, 0.1) is 0 Å². The molecule has 42 valence electrons. The molecule has 0 aromatic rings. The second-order valence-corrected chi connectivity index (χ2v) is 1.00. The van der Waals surface area contributed by atoms with E-state index >= 15 is 0 Å². The molecular weight excluding hydrogens is 94.1 g/mol. The van der Waals surface area contributed by atoms with Crippen LogP contribution in [0.15, 0.2) is 0 Å². The molecule has 4 nitrogen and oxygen atoms in total. The zero-order valence-corrected chi connectivity index (χ0v) is 4.19. The topological polar surface area (TPSA) is 67.2 Å². The summed E-state index contributed by atoms with van der Waals surface area (Å²) >= 11 is 0. The third-order valence-electron chi connectivity index (χ3n) is 0.468. The standard InChI is InChI=1S/C3H9N3O/c1-2-5-3(7)6-4/h2,4H2,1H3,(H2,5,6,7). The van der Waals surface area contributed by atoms with Gasteiger partial charge in [0.15, 0.2) is 0 Å². The molecule has 0 bridgehead atoms. The summed E-state index contributed by atoms with van der Waals surface area (Å²) in [5, 5.41) is 2.42. The monoisotopic (exact) mass is 103 g/mol. The number of amides is 2. The number of urea groups is 1. The highest BCUT2D eigenvalue weighted by Crippen LogP contribution is 1.54. The lowest BCUT2D eigenvalue weighted by Gasteiger charge is -1.95. The van der Waals surface area contributed by atoms with E-state index in [9.17, 15) is 4.79 Å². The van der Waals surface area contributed by atoms with Gasteiger partial charge in [-0.15, -0.1) is 0 Å². The summed E-state index contributed by atoms with van der Waals surface area (Å²) in [7, 11) is 0. The number of hydrogen-bond acceptors (Lipinski definition) is 2. The second-order valence-electron chi connectivity index (χ2n) is 1.00. The van der Waals surface area contributed by atoms with Crippen LogP contribution in [0.1, 0.15) is 6.92 Å². The smallest absolute Gasteiger partial charge is 0.328 e. The SMILES string of the molecule is CCNC(=O)NN. The quantitative estimate of drug-likeness (QED) is 0.230. The fourth-order valence-corrected chi connectivity index (χ4v) is 0.212. The van der Waals surface area contributed by atoms with Gasteiger partial charge in [0.1, 0.15) is 0 Å². The van der Waals surface area contributed by atoms with Crippen molar-refractivity contribution in [2.45, 2.75) is 6.92 Å². The van der Waals surface area contributed by atoms with Crippen molar-refractivity contribution >= 4 is 6.03 Å². The first kappa shape index (κ1) is 6.23. The Kier molecular flexibility index (Phi) is 3.04. The zero-order chi connectivity index (χ0) is 5.70. The predicted octanol–water partition coefficient (Wildman–Crippen LogP) is -0.821. The lowest BCUT2D eigenvalue weighted by Crippen LogP contribution is -2.39. The number of nitrogens with two attached hydrogens (primary N) is 1. The molecule has 0 saturated heterocycles. The molecule has 4 heteroatoms. The molecule has 0 aliphatic heterocycles. The van der Waals surface area contributed by atoms with Crippen LogP contribution in [0, 0.1) is 0 Å². The molecule has 0 heterocycles. The lowest BCUT2D eigenvalue weighted by molar-refractivity contribution is 0.241. The Labute approximate surface area is 42.0 Å². The van der Waals surface area contributed by atoms with Crippen molar-refractivity contribution in [2.75, 3.05) is 6.54 Å². The van der Waals surface area contributed by atoms with Crippen molar-refractivity contribution in [2.24, 2.45) is 5.84 Å². The van der Waals surface area contributed by atoms with E-state index in [1.165, 1.54) is 0 Å². The Morgan fingerprint density at radius 2 is 2.43 bits per heavy atom. The van der Waals surface area contributed by atoms with Crippen LogP contribution in [-0.2, 0) is 0 Å². The molecule has 0 fully saturated rings. The van der Waals surface area contributed by atoms with E-state index in [0.717, 1.165) is 0 Å². The molecule has 2 amide bonds. The summed E-state index contributed by atoms with van der Waals surface area (Å²) in [5.74, 6) is 4.70. The Balaban J connectivity index is 3.00. The van der Waals surface area contributed by atoms with Crippen LogP contribution < -0.4 is 16.6 Å². The number of carbonyl (C=O) groups excluding carboxylic acids is 1. The number of hydrogen-bond donors (Lipinski definition) is 3. The van der Waals surface area contributed by atoms with Crippen molar-refractivity contribution in [3.8, 4) is 0 Å². The van der Waals surface area contributed by atoms with Crippen molar-refractivity contribution < 1.29 is 4.79 Å². The molecule has 0 radical (unpaired) electrons. The first-order valence-corrected chi connectivity index (χ1v) is 2.05. The second kappa shape index (κ2) is 3.42. The first-order valence-electron chi connectivity index (χ1n) is 2.05. The van der Waals surface area contributed by atoms with Crippen LogP contribution in [0.2, 0.25) is 0 Å². The van der Waals surface area contributed by atoms with E-state index in [0.29, 0.717) is 6.54 Å². The summed E-state index contributed by atoms with van der Waals surface area (Å²) in [6.07, 6.45) is 0. The molecule has 0 spiro atoms. The van der Waals surface area contributed by atoms with E-state index in [2.05, 4.69) is 5.32 Å². The molecule has 4 N–H and O–H groups in total. The highest BCUT2D eigenvalue weighted by Gasteiger charge is 1.86. The summed E-state index contributed by atoms with van der Waals surface area (Å²) < 4.78 is 0. The van der Waals surface area contributed by atoms with Gasteiger partial charge in [0.2, 0.25) is 0 Å². The number of rotatable bonds is 1. The highest BCUT2D eigenvalue weighted by atomic mass is 16.2. The van der Waals surface area contributed by atoms with Crippen molar-refractivity contribution in [1.82, 2.24) is 10.7 Å². The molecule has 7 heavy (non-hydrogen) atoms. The average molecular weight is 103 g/mol. The van der Waals surface area contributed by atoms with Gasteiger partial charge in [-0.3, -0.25) is 5.43 Å². The first-order chi connectivity index (χ1) is 3.31. The van der Waals surface area contributed by atoms with Crippen molar-refractivity contribution in [3.05, 3.63) is 0 Å². The zero-order valence-electron chi connectivity index (χ0n) is 4.19. The third-order valence-corrected chi connectivity index (χ3v) is 0.468. The molecule has 0 aliphatic carbocycles. The van der Waals surface area contributed by atoms with Crippen LogP contribution in [-0.4, -0.2) is 12.6 Å². The molecule has 0 saturated carbocycles. The Bertz CT molecular complexity index is 63.2. The lowest BCUT2D eigenvalue weighted by atomic mass is 10.7. The number of hydrazine groups is 1. The average Bonchev–Trinajstić information content (AvgIpc) is 1.68. The molecular formula is C3H9N3O. The molecule has 0 aliphatic rings. The third kappa shape index (κ3) is 3.05. The maximum absolute atomic E-state index is 10.1. The minimum absolute atomic E-state index is 0.345. The van der Waals surface area contributed by atoms with E-state index in [-0.39, 0.29) is 6.03 Å². The summed E-state index contributed by atoms with van der Waals surface area (Å²) in [5.41, 5.74) is 1.92. The Hall–Kier alpha value is -0.770. The normalized spacial score (nSPS) is 7.71. The van der Waals surface area contributed by atoms with Gasteiger partial charge in [-0.1, -0.05) is 0 Å². The van der Waals surface area contributed by atoms with Gasteiger partial charge < -0.3 is 5.32 Å². The van der Waals surface area contributed by atoms with Gasteiger partial charge in [-0.25, -0.2) is 10.6 Å². The predicted molar refractivity (Wildman–Crippen MR) is 26.4 cm³/mol. The van der Waals surface area contributed by atoms with Gasteiger partial charge in [0.25, 0.3) is 0 Å². The van der Waals surface area contributed by atoms with Crippen LogP contribution >= 0.6 is 0 Å². The van der Waals surface area contributed by atoms with E-state index in [4.69, 9.17) is 5.84 Å². The Morgan fingerprint density at radius 1 is 1.86 bits per heavy atom. The van der Waals surface area contributed by atoms with E-state index < -0.39 is 0 Å². The summed E-state index contributed by atoms with van der Waals surface area (Å²) in [4.78, 5) is 10.1. The molecule has 0 aromatic heterocycles. The molecule has 0 atom stereocenters. The summed E-state index contributed by atoms with van der Waals surface area (Å²) in [6.45, 7) is 2.41. The van der Waals surface area contributed by atoms with Crippen LogP contribution in [0.3, 0.4) is 0 Å². The maximum atomic E-state index is 10.1. The molecule has 0 aromatic carbocycles.